The number of aliphatic hydroxyl groups is 5. The Hall–Kier alpha value is -9.45. The van der Waals surface area contributed by atoms with Crippen LogP contribution in [0.5, 0.6) is 0 Å². The second-order valence-electron chi connectivity index (χ2n) is 30.4. The van der Waals surface area contributed by atoms with E-state index in [1.165, 1.54) is 0 Å². The van der Waals surface area contributed by atoms with E-state index in [9.17, 15) is 49.5 Å². The van der Waals surface area contributed by atoms with E-state index in [-0.39, 0.29) is 35.3 Å². The maximum Gasteiger partial charge on any atom is 0.254 e. The van der Waals surface area contributed by atoms with Gasteiger partial charge in [0, 0.05) is 141 Å². The molecule has 0 bridgehead atoms. The molecule has 5 aliphatic rings. The van der Waals surface area contributed by atoms with Gasteiger partial charge in [0.2, 0.25) is 29.7 Å². The van der Waals surface area contributed by atoms with Gasteiger partial charge >= 0.3 is 0 Å². The van der Waals surface area contributed by atoms with E-state index in [0.29, 0.717) is 0 Å². The second-order valence-corrected chi connectivity index (χ2v) is 30.4. The third-order valence-corrected chi connectivity index (χ3v) is 14.0. The highest BCUT2D eigenvalue weighted by Crippen LogP contribution is 2.34. The zero-order valence-corrected chi connectivity index (χ0v) is 65.7. The van der Waals surface area contributed by atoms with Gasteiger partial charge in [-0.3, -0.25) is 24.0 Å². The van der Waals surface area contributed by atoms with Crippen LogP contribution in [0.25, 0.3) is 0 Å². The fourth-order valence-corrected chi connectivity index (χ4v) is 8.88. The largest absolute Gasteiger partial charge is 0.393 e. The normalized spacial score (nSPS) is 43.6. The number of primary amides is 5. The summed E-state index contributed by atoms with van der Waals surface area (Å²) in [5.74, 6) is -20.6. The van der Waals surface area contributed by atoms with E-state index in [2.05, 4.69) is 103 Å². The highest BCUT2D eigenvalue weighted by Gasteiger charge is 2.34. The number of amides is 5. The predicted octanol–water partition coefficient (Wildman–Crippen LogP) is 8.74. The average Bonchev–Trinajstić information content (AvgIpc) is 0.671. The van der Waals surface area contributed by atoms with Gasteiger partial charge < -0.3 is 107 Å². The van der Waals surface area contributed by atoms with Gasteiger partial charge in [0.05, 0.1) is 70.6 Å². The Morgan fingerprint density at radius 3 is 0.835 bits per heavy atom. The first-order valence-corrected chi connectivity index (χ1v) is 34.8. The Morgan fingerprint density at radius 2 is 0.583 bits per heavy atom. The van der Waals surface area contributed by atoms with Gasteiger partial charge in [-0.1, -0.05) is 34.3 Å². The number of anilines is 10. The molecule has 0 aliphatic heterocycles. The monoisotopic (exact) mass is 1650 g/mol. The zero-order chi connectivity index (χ0) is 127. The third kappa shape index (κ3) is 31.9. The Labute approximate surface area is 744 Å². The quantitative estimate of drug-likeness (QED) is 0.0346. The van der Waals surface area contributed by atoms with Crippen molar-refractivity contribution in [2.75, 3.05) is 53.2 Å². The van der Waals surface area contributed by atoms with Crippen LogP contribution in [-0.2, 0) is 0 Å². The standard InChI is InChI=1S/5C16H27N5O2/c5*1-9-5-6-10(7-12(9)22)19-14-11(13(17)23)8-18-15(20-14)21-16(2,3)4/h5*8-10,12,22H,5-7H2,1-4H3,(H2,17,23)(H2,18,19,20,21)/i1D3,6D2,7D2,9D,10D,12D;2*1D3,5D,6D2,7D2,10D,12D;1D3,6D2,7D2,10D,12D;1D3,6D2,7D2,10D. The fraction of sp³-hybridized carbons (Fsp3) is 0.688. The van der Waals surface area contributed by atoms with Gasteiger partial charge in [0.1, 0.15) is 29.1 Å². The van der Waals surface area contributed by atoms with Crippen molar-refractivity contribution >= 4 is 88.4 Å². The van der Waals surface area contributed by atoms with Gasteiger partial charge in [0.15, 0.2) is 0 Å². The molecule has 5 aromatic rings. The van der Waals surface area contributed by atoms with Gasteiger partial charge in [-0.05, 0) is 229 Å². The smallest absolute Gasteiger partial charge is 0.254 e. The molecule has 10 rings (SSSR count). The molecule has 0 radical (unpaired) electrons. The number of aromatic nitrogens is 10. The molecule has 25 N–H and O–H groups in total. The van der Waals surface area contributed by atoms with Crippen molar-refractivity contribution in [1.29, 1.82) is 0 Å². The molecule has 5 aromatic heterocycles. The molecule has 0 saturated heterocycles. The molecular formula is C80H135N25O10. The first-order valence-electron chi connectivity index (χ1n) is 58.5. The van der Waals surface area contributed by atoms with Crippen LogP contribution in [0.2, 0.25) is 0 Å². The van der Waals surface area contributed by atoms with Crippen molar-refractivity contribution in [3.05, 3.63) is 58.8 Å². The van der Waals surface area contributed by atoms with Crippen LogP contribution in [0.3, 0.4) is 0 Å². The second kappa shape index (κ2) is 40.9. The molecule has 0 spiro atoms. The third-order valence-electron chi connectivity index (χ3n) is 14.0. The minimum atomic E-state index is -3.78. The van der Waals surface area contributed by atoms with E-state index in [1.807, 2.05) is 0 Å². The van der Waals surface area contributed by atoms with Gasteiger partial charge in [0.25, 0.3) is 29.5 Å². The Kier molecular flexibility index (Phi) is 16.5. The van der Waals surface area contributed by atoms with Gasteiger partial charge in [-0.15, -0.1) is 0 Å². The Bertz CT molecular complexity index is 6130. The minimum Gasteiger partial charge on any atom is -0.393 e. The molecule has 5 saturated carbocycles. The SMILES string of the molecule is [2H]C([2H])([2H])C1([2H])CC([2H])([2H])C([2H])(Nc2nc(NC(C)(C)C)ncc2C(N)=O)C([2H])([2H])C1([2H])O.[2H]C([2H])([2H])C1CC([2H])([2H])C([2H])(Nc2nc(NC(C)(C)C)ncc2C(N)=O)C([2H])([2H])C1([2H])O.[2H]C([2H])([2H])C1CC([2H])([2H])C([2H])(Nc2nc(NC(C)(C)C)ncc2C(N)=O)C([2H])([2H])C1O.[2H]C1C(C([2H])([2H])[2H])C([2H])(O)C([2H])([2H])C([2H])(Nc2nc(NC(C)(C)C)ncc2C(N)=O)C1([2H])[2H].[2H]C1C(C([2H])([2H])[2H])C([2H])(O)C([2H])([2H])C([2H])(Nc2nc(NC(C)(C)C)ncc2C(N)=O)C1([2H])[2H]. The van der Waals surface area contributed by atoms with Crippen LogP contribution in [0.1, 0.15) is 350 Å². The summed E-state index contributed by atoms with van der Waals surface area (Å²) in [4.78, 5) is 99.1. The molecule has 0 aromatic carbocycles. The Balaban J connectivity index is 0.000000307. The van der Waals surface area contributed by atoms with Gasteiger partial charge in [-0.25, -0.2) is 24.9 Å². The molecule has 35 heteroatoms. The summed E-state index contributed by atoms with van der Waals surface area (Å²) in [6, 6.07) is -16.1. The highest BCUT2D eigenvalue weighted by atomic mass is 16.3. The lowest BCUT2D eigenvalue weighted by Crippen LogP contribution is -2.36. The number of nitrogens with zero attached hydrogens (tertiary/aromatic N) is 10. The number of nitrogens with two attached hydrogens (primary N) is 5. The topological polar surface area (TPSA) is 566 Å². The molecule has 5 aliphatic carbocycles. The summed E-state index contributed by atoms with van der Waals surface area (Å²) < 4.78 is 379. The molecule has 5 fully saturated rings. The number of carbonyl (C=O) groups excluding carboxylic acids is 5. The molecule has 115 heavy (non-hydrogen) atoms. The lowest BCUT2D eigenvalue weighted by Gasteiger charge is -2.32. The van der Waals surface area contributed by atoms with E-state index < -0.39 is 329 Å². The summed E-state index contributed by atoms with van der Waals surface area (Å²) in [6.07, 6.45) is -52.8. The molecule has 640 valence electrons. The molecule has 17 unspecified atom stereocenters. The molecule has 5 amide bonds. The van der Waals surface area contributed by atoms with Gasteiger partial charge in [-0.2, -0.15) is 24.9 Å². The molecular weight excluding hydrogens is 1470 g/mol. The van der Waals surface area contributed by atoms with Crippen LogP contribution >= 0.6 is 0 Å². The number of hydrogen-bond donors (Lipinski definition) is 20. The van der Waals surface area contributed by atoms with Crippen molar-refractivity contribution in [3.8, 4) is 0 Å². The molecule has 17 atom stereocenters. The van der Waals surface area contributed by atoms with Crippen molar-refractivity contribution in [2.45, 2.75) is 322 Å². The Morgan fingerprint density at radius 1 is 0.348 bits per heavy atom. The number of nitrogens with one attached hydrogen (secondary N) is 10. The summed E-state index contributed by atoms with van der Waals surface area (Å²) >= 11 is 0. The fourth-order valence-electron chi connectivity index (χ4n) is 8.88. The molecule has 5 heterocycles. The summed E-state index contributed by atoms with van der Waals surface area (Å²) in [5.41, 5.74) is 21.8. The first-order chi connectivity index (χ1) is 71.2. The molecule has 35 nitrogen and oxygen atoms in total. The highest BCUT2D eigenvalue weighted by molar-refractivity contribution is 6.00. The summed E-state index contributed by atoms with van der Waals surface area (Å²) in [5, 5.41) is 78.3. The maximum atomic E-state index is 11.9. The number of hydrogen-bond acceptors (Lipinski definition) is 30. The van der Waals surface area contributed by atoms with E-state index >= 15 is 0 Å². The number of carbonyl (C=O) groups is 5. The van der Waals surface area contributed by atoms with Crippen LogP contribution in [0.4, 0.5) is 58.8 Å². The van der Waals surface area contributed by atoms with Crippen LogP contribution in [-0.4, -0.2) is 193 Å². The maximum absolute atomic E-state index is 11.9. The summed E-state index contributed by atoms with van der Waals surface area (Å²) in [6.45, 7) is 10.6. The van der Waals surface area contributed by atoms with Crippen LogP contribution in [0, 0.1) is 29.6 Å². The first kappa shape index (κ1) is 46.5. The van der Waals surface area contributed by atoms with Crippen molar-refractivity contribution in [3.63, 3.8) is 0 Å². The lowest BCUT2D eigenvalue weighted by molar-refractivity contribution is 0.0737. The predicted molar refractivity (Wildman–Crippen MR) is 452 cm³/mol. The zero-order valence-electron chi connectivity index (χ0n) is 113. The van der Waals surface area contributed by atoms with E-state index in [1.54, 1.807) is 104 Å². The van der Waals surface area contributed by atoms with E-state index in [4.69, 9.17) is 93.1 Å². The van der Waals surface area contributed by atoms with Crippen molar-refractivity contribution < 1.29 is 114 Å². The minimum absolute atomic E-state index is 0.00134. The van der Waals surface area contributed by atoms with Crippen LogP contribution < -0.4 is 81.8 Å². The average molecular weight is 1650 g/mol. The number of rotatable bonds is 20. The summed E-state index contributed by atoms with van der Waals surface area (Å²) in [7, 11) is 0. The lowest BCUT2D eigenvalue weighted by atomic mass is 9.85. The van der Waals surface area contributed by atoms with E-state index in [0.717, 1.165) is 31.0 Å². The number of aliphatic hydroxyl groups excluding tert-OH is 1. The van der Waals surface area contributed by atoms with Crippen LogP contribution in [0.15, 0.2) is 31.0 Å². The van der Waals surface area contributed by atoms with Crippen molar-refractivity contribution in [1.82, 2.24) is 49.8 Å². The van der Waals surface area contributed by atoms with Crippen molar-refractivity contribution in [2.24, 2.45) is 58.2 Å².